The molecule has 4 aromatic rings. The average molecular weight is 362 g/mol. The summed E-state index contributed by atoms with van der Waals surface area (Å²) in [6.07, 6.45) is 0.669. The van der Waals surface area contributed by atoms with E-state index in [1.54, 1.807) is 18.2 Å². The molecule has 0 bridgehead atoms. The Kier molecular flexibility index (Phi) is 4.54. The van der Waals surface area contributed by atoms with Crippen LogP contribution in [0.2, 0.25) is 0 Å². The molecule has 0 saturated carbocycles. The molecule has 2 aromatic heterocycles. The van der Waals surface area contributed by atoms with Gasteiger partial charge >= 0.3 is 0 Å². The highest BCUT2D eigenvalue weighted by Gasteiger charge is 2.18. The van der Waals surface area contributed by atoms with E-state index in [0.717, 1.165) is 5.56 Å². The lowest BCUT2D eigenvalue weighted by Gasteiger charge is -2.08. The summed E-state index contributed by atoms with van der Waals surface area (Å²) < 4.78 is 19.5. The van der Waals surface area contributed by atoms with Crippen LogP contribution in [0.5, 0.6) is 0 Å². The first-order valence-corrected chi connectivity index (χ1v) is 8.86. The van der Waals surface area contributed by atoms with Gasteiger partial charge < -0.3 is 9.84 Å². The van der Waals surface area contributed by atoms with Crippen molar-refractivity contribution in [1.82, 2.24) is 15.1 Å². The van der Waals surface area contributed by atoms with Gasteiger partial charge in [-0.2, -0.15) is 0 Å². The maximum atomic E-state index is 13.9. The molecular formula is C21H19FN4O. The molecule has 0 amide bonds. The maximum absolute atomic E-state index is 13.9. The van der Waals surface area contributed by atoms with Crippen LogP contribution in [0.4, 0.5) is 10.2 Å². The molecule has 0 atom stereocenters. The van der Waals surface area contributed by atoms with Gasteiger partial charge in [-0.05, 0) is 13.0 Å². The predicted octanol–water partition coefficient (Wildman–Crippen LogP) is 4.91. The number of rotatable bonds is 5. The summed E-state index contributed by atoms with van der Waals surface area (Å²) in [5, 5.41) is 7.38. The second kappa shape index (κ2) is 7.15. The van der Waals surface area contributed by atoms with Crippen molar-refractivity contribution in [3.8, 4) is 11.3 Å². The van der Waals surface area contributed by atoms with Crippen LogP contribution < -0.4 is 5.32 Å². The van der Waals surface area contributed by atoms with Crippen molar-refractivity contribution >= 4 is 16.9 Å². The van der Waals surface area contributed by atoms with Gasteiger partial charge in [0.15, 0.2) is 5.82 Å². The summed E-state index contributed by atoms with van der Waals surface area (Å²) in [5.41, 5.74) is 4.46. The smallest absolute Gasteiger partial charge is 0.228 e. The summed E-state index contributed by atoms with van der Waals surface area (Å²) in [6.45, 7) is 4.32. The Morgan fingerprint density at radius 2 is 1.81 bits per heavy atom. The molecule has 1 N–H and O–H groups in total. The number of anilines is 1. The monoisotopic (exact) mass is 362 g/mol. The van der Waals surface area contributed by atoms with Gasteiger partial charge in [0.2, 0.25) is 5.58 Å². The largest absolute Gasteiger partial charge is 0.363 e. The van der Waals surface area contributed by atoms with E-state index in [9.17, 15) is 4.39 Å². The molecule has 136 valence electrons. The standard InChI is InChI=1S/C21H19FN4O/c1-3-17-24-19-18(14-10-8-13(2)9-11-14)26-27-20(19)21(25-17)23-12-15-6-4-5-7-16(15)22/h4-11H,3,12H2,1-2H3,(H,23,24,25). The van der Waals surface area contributed by atoms with Gasteiger partial charge in [-0.15, -0.1) is 0 Å². The van der Waals surface area contributed by atoms with Crippen molar-refractivity contribution in [2.75, 3.05) is 5.32 Å². The molecule has 0 aliphatic carbocycles. The zero-order valence-electron chi connectivity index (χ0n) is 15.2. The van der Waals surface area contributed by atoms with Gasteiger partial charge in [-0.3, -0.25) is 0 Å². The SMILES string of the molecule is CCc1nc(NCc2ccccc2F)c2onc(-c3ccc(C)cc3)c2n1. The predicted molar refractivity (Wildman–Crippen MR) is 103 cm³/mol. The zero-order chi connectivity index (χ0) is 18.8. The van der Waals surface area contributed by atoms with Gasteiger partial charge in [0.05, 0.1) is 0 Å². The van der Waals surface area contributed by atoms with E-state index in [0.29, 0.717) is 47.0 Å². The van der Waals surface area contributed by atoms with E-state index in [2.05, 4.69) is 20.4 Å². The lowest BCUT2D eigenvalue weighted by Crippen LogP contribution is -2.06. The van der Waals surface area contributed by atoms with Crippen molar-refractivity contribution in [2.45, 2.75) is 26.8 Å². The number of aryl methyl sites for hydroxylation is 2. The van der Waals surface area contributed by atoms with Gasteiger partial charge in [-0.25, -0.2) is 14.4 Å². The Balaban J connectivity index is 1.74. The fraction of sp³-hybridized carbons (Fsp3) is 0.190. The molecule has 0 saturated heterocycles. The summed E-state index contributed by atoms with van der Waals surface area (Å²) in [6, 6.07) is 14.7. The first-order valence-electron chi connectivity index (χ1n) is 8.86. The fourth-order valence-electron chi connectivity index (χ4n) is 2.88. The molecule has 2 aromatic carbocycles. The van der Waals surface area contributed by atoms with E-state index in [4.69, 9.17) is 4.52 Å². The van der Waals surface area contributed by atoms with Crippen molar-refractivity contribution in [2.24, 2.45) is 0 Å². The Labute approximate surface area is 156 Å². The molecule has 5 nitrogen and oxygen atoms in total. The van der Waals surface area contributed by atoms with Crippen LogP contribution in [0, 0.1) is 12.7 Å². The topological polar surface area (TPSA) is 63.8 Å². The Hall–Kier alpha value is -3.28. The lowest BCUT2D eigenvalue weighted by molar-refractivity contribution is 0.459. The minimum absolute atomic E-state index is 0.260. The van der Waals surface area contributed by atoms with Crippen molar-refractivity contribution in [3.63, 3.8) is 0 Å². The van der Waals surface area contributed by atoms with Gasteiger partial charge in [0, 0.05) is 24.1 Å². The van der Waals surface area contributed by atoms with Crippen LogP contribution in [0.1, 0.15) is 23.9 Å². The first kappa shape index (κ1) is 17.1. The van der Waals surface area contributed by atoms with Crippen LogP contribution in [-0.4, -0.2) is 15.1 Å². The summed E-state index contributed by atoms with van der Waals surface area (Å²) >= 11 is 0. The molecule has 2 heterocycles. The van der Waals surface area contributed by atoms with E-state index in [-0.39, 0.29) is 5.82 Å². The zero-order valence-corrected chi connectivity index (χ0v) is 15.2. The Morgan fingerprint density at radius 3 is 2.56 bits per heavy atom. The van der Waals surface area contributed by atoms with E-state index >= 15 is 0 Å². The maximum Gasteiger partial charge on any atom is 0.228 e. The molecule has 0 aliphatic rings. The van der Waals surface area contributed by atoms with Crippen molar-refractivity contribution in [1.29, 1.82) is 0 Å². The molecule has 4 rings (SSSR count). The number of fused-ring (bicyclic) bond motifs is 1. The molecule has 27 heavy (non-hydrogen) atoms. The normalized spacial score (nSPS) is 11.1. The number of halogens is 1. The minimum atomic E-state index is -0.260. The molecule has 0 unspecified atom stereocenters. The summed E-state index contributed by atoms with van der Waals surface area (Å²) in [5.74, 6) is 0.935. The fourth-order valence-corrected chi connectivity index (χ4v) is 2.88. The summed E-state index contributed by atoms with van der Waals surface area (Å²) in [4.78, 5) is 9.11. The van der Waals surface area contributed by atoms with E-state index < -0.39 is 0 Å². The molecule has 6 heteroatoms. The molecule has 0 radical (unpaired) electrons. The highest BCUT2D eigenvalue weighted by Crippen LogP contribution is 2.30. The lowest BCUT2D eigenvalue weighted by atomic mass is 10.1. The minimum Gasteiger partial charge on any atom is -0.363 e. The molecule has 0 fully saturated rings. The number of nitrogens with one attached hydrogen (secondary N) is 1. The van der Waals surface area contributed by atoms with Crippen molar-refractivity contribution < 1.29 is 8.91 Å². The van der Waals surface area contributed by atoms with Crippen LogP contribution in [0.15, 0.2) is 53.1 Å². The molecule has 0 aliphatic heterocycles. The van der Waals surface area contributed by atoms with Crippen LogP contribution in [0.25, 0.3) is 22.4 Å². The Morgan fingerprint density at radius 1 is 1.04 bits per heavy atom. The quantitative estimate of drug-likeness (QED) is 0.547. The van der Waals surface area contributed by atoms with Gasteiger partial charge in [0.25, 0.3) is 0 Å². The number of aromatic nitrogens is 3. The Bertz CT molecular complexity index is 1090. The highest BCUT2D eigenvalue weighted by molar-refractivity contribution is 5.93. The second-order valence-electron chi connectivity index (χ2n) is 6.36. The molecule has 0 spiro atoms. The van der Waals surface area contributed by atoms with Crippen molar-refractivity contribution in [3.05, 3.63) is 71.3 Å². The number of hydrogen-bond donors (Lipinski definition) is 1. The van der Waals surface area contributed by atoms with Gasteiger partial charge in [-0.1, -0.05) is 60.1 Å². The molecular weight excluding hydrogens is 343 g/mol. The number of nitrogens with zero attached hydrogens (tertiary/aromatic N) is 3. The number of benzene rings is 2. The van der Waals surface area contributed by atoms with Crippen LogP contribution in [0.3, 0.4) is 0 Å². The summed E-state index contributed by atoms with van der Waals surface area (Å²) in [7, 11) is 0. The third kappa shape index (κ3) is 3.38. The van der Waals surface area contributed by atoms with Crippen LogP contribution in [-0.2, 0) is 13.0 Å². The van der Waals surface area contributed by atoms with Crippen LogP contribution >= 0.6 is 0 Å². The third-order valence-corrected chi connectivity index (χ3v) is 4.41. The average Bonchev–Trinajstić information content (AvgIpc) is 3.11. The van der Waals surface area contributed by atoms with E-state index in [1.807, 2.05) is 38.1 Å². The van der Waals surface area contributed by atoms with Gasteiger partial charge in [0.1, 0.15) is 22.9 Å². The van der Waals surface area contributed by atoms with E-state index in [1.165, 1.54) is 11.6 Å². The first-order chi connectivity index (χ1) is 13.2. The number of hydrogen-bond acceptors (Lipinski definition) is 5. The highest BCUT2D eigenvalue weighted by atomic mass is 19.1. The third-order valence-electron chi connectivity index (χ3n) is 4.41. The second-order valence-corrected chi connectivity index (χ2v) is 6.36.